The van der Waals surface area contributed by atoms with Gasteiger partial charge in [0, 0.05) is 32.0 Å². The van der Waals surface area contributed by atoms with Crippen LogP contribution in [0.15, 0.2) is 42.5 Å². The highest BCUT2D eigenvalue weighted by atomic mass is 16.2. The smallest absolute Gasteiger partial charge is 0.313 e. The summed E-state index contributed by atoms with van der Waals surface area (Å²) in [6, 6.07) is 14.1. The number of anilines is 2. The van der Waals surface area contributed by atoms with E-state index in [1.165, 1.54) is 0 Å². The number of likely N-dealkylation sites (tertiary alicyclic amines) is 1. The van der Waals surface area contributed by atoms with Crippen LogP contribution in [0.5, 0.6) is 0 Å². The predicted molar refractivity (Wildman–Crippen MR) is 122 cm³/mol. The number of rotatable bonds is 6. The zero-order valence-electron chi connectivity index (χ0n) is 18.4. The van der Waals surface area contributed by atoms with Crippen molar-refractivity contribution in [3.05, 3.63) is 59.2 Å². The van der Waals surface area contributed by atoms with Gasteiger partial charge in [-0.2, -0.15) is 0 Å². The Balaban J connectivity index is 1.66. The van der Waals surface area contributed by atoms with Gasteiger partial charge in [0.1, 0.15) is 0 Å². The molecule has 30 heavy (non-hydrogen) atoms. The summed E-state index contributed by atoms with van der Waals surface area (Å²) in [5.74, 6) is -1.24. The molecule has 1 aliphatic heterocycles. The van der Waals surface area contributed by atoms with E-state index >= 15 is 0 Å². The van der Waals surface area contributed by atoms with Crippen molar-refractivity contribution < 1.29 is 9.59 Å². The molecule has 1 fully saturated rings. The average Bonchev–Trinajstić information content (AvgIpc) is 3.26. The van der Waals surface area contributed by atoms with Gasteiger partial charge in [0.15, 0.2) is 0 Å². The van der Waals surface area contributed by atoms with Crippen molar-refractivity contribution >= 4 is 23.2 Å². The summed E-state index contributed by atoms with van der Waals surface area (Å²) in [7, 11) is 4.03. The second-order valence-corrected chi connectivity index (χ2v) is 8.16. The van der Waals surface area contributed by atoms with Gasteiger partial charge in [-0.3, -0.25) is 14.5 Å². The second kappa shape index (κ2) is 9.76. The molecule has 1 aliphatic rings. The summed E-state index contributed by atoms with van der Waals surface area (Å²) >= 11 is 0. The summed E-state index contributed by atoms with van der Waals surface area (Å²) in [5, 5.41) is 5.58. The third-order valence-electron chi connectivity index (χ3n) is 5.89. The Morgan fingerprint density at radius 3 is 2.30 bits per heavy atom. The van der Waals surface area contributed by atoms with Gasteiger partial charge in [0.2, 0.25) is 0 Å². The van der Waals surface area contributed by atoms with E-state index in [1.807, 2.05) is 46.1 Å². The van der Waals surface area contributed by atoms with Crippen LogP contribution in [0.4, 0.5) is 11.4 Å². The Kier molecular flexibility index (Phi) is 7.11. The van der Waals surface area contributed by atoms with E-state index in [1.54, 1.807) is 0 Å². The standard InChI is InChI=1S/C24H32N4O2/c1-17-8-7-9-21(18(17)2)26-24(30)23(29)25-16-22(28-14-5-6-15-28)19-10-12-20(13-11-19)27(3)4/h7-13,22H,5-6,14-16H2,1-4H3,(H,25,29)(H,26,30). The second-order valence-electron chi connectivity index (χ2n) is 8.16. The number of carbonyl (C=O) groups excluding carboxylic acids is 2. The molecule has 0 aliphatic carbocycles. The van der Waals surface area contributed by atoms with Crippen molar-refractivity contribution in [2.24, 2.45) is 0 Å². The van der Waals surface area contributed by atoms with Crippen LogP contribution in [0, 0.1) is 13.8 Å². The quantitative estimate of drug-likeness (QED) is 0.720. The van der Waals surface area contributed by atoms with Crippen molar-refractivity contribution in [2.75, 3.05) is 43.9 Å². The highest BCUT2D eigenvalue weighted by molar-refractivity contribution is 6.39. The largest absolute Gasteiger partial charge is 0.378 e. The highest BCUT2D eigenvalue weighted by Crippen LogP contribution is 2.26. The molecule has 2 aromatic carbocycles. The van der Waals surface area contributed by atoms with Crippen LogP contribution in [-0.2, 0) is 9.59 Å². The minimum atomic E-state index is -0.633. The number of nitrogens with zero attached hydrogens (tertiary/aromatic N) is 2. The molecular weight excluding hydrogens is 376 g/mol. The first-order valence-electron chi connectivity index (χ1n) is 10.5. The number of nitrogens with one attached hydrogen (secondary N) is 2. The molecule has 2 N–H and O–H groups in total. The Hall–Kier alpha value is -2.86. The third kappa shape index (κ3) is 5.19. The minimum Gasteiger partial charge on any atom is -0.378 e. The SMILES string of the molecule is Cc1cccc(NC(=O)C(=O)NCC(c2ccc(N(C)C)cc2)N2CCCC2)c1C. The summed E-state index contributed by atoms with van der Waals surface area (Å²) in [6.45, 7) is 6.33. The fourth-order valence-electron chi connectivity index (χ4n) is 3.84. The van der Waals surface area contributed by atoms with Crippen molar-refractivity contribution in [3.63, 3.8) is 0 Å². The Bertz CT molecular complexity index is 887. The Morgan fingerprint density at radius 2 is 1.67 bits per heavy atom. The third-order valence-corrected chi connectivity index (χ3v) is 5.89. The average molecular weight is 409 g/mol. The Morgan fingerprint density at radius 1 is 1.00 bits per heavy atom. The van der Waals surface area contributed by atoms with Crippen LogP contribution in [0.2, 0.25) is 0 Å². The zero-order chi connectivity index (χ0) is 21.7. The molecular formula is C24H32N4O2. The van der Waals surface area contributed by atoms with Gasteiger partial charge in [0.05, 0.1) is 6.04 Å². The van der Waals surface area contributed by atoms with Crippen molar-refractivity contribution in [1.29, 1.82) is 0 Å². The number of hydrogen-bond donors (Lipinski definition) is 2. The predicted octanol–water partition coefficient (Wildman–Crippen LogP) is 3.26. The van der Waals surface area contributed by atoms with Crippen LogP contribution in [0.3, 0.4) is 0 Å². The zero-order valence-corrected chi connectivity index (χ0v) is 18.4. The molecule has 3 rings (SSSR count). The van der Waals surface area contributed by atoms with E-state index in [0.29, 0.717) is 12.2 Å². The summed E-state index contributed by atoms with van der Waals surface area (Å²) in [5.41, 5.74) is 5.00. The molecule has 0 aromatic heterocycles. The van der Waals surface area contributed by atoms with Gasteiger partial charge < -0.3 is 15.5 Å². The van der Waals surface area contributed by atoms with Crippen LogP contribution < -0.4 is 15.5 Å². The van der Waals surface area contributed by atoms with Gasteiger partial charge in [-0.05, 0) is 74.7 Å². The lowest BCUT2D eigenvalue weighted by molar-refractivity contribution is -0.136. The lowest BCUT2D eigenvalue weighted by Crippen LogP contribution is -2.41. The number of aryl methyl sites for hydroxylation is 1. The van der Waals surface area contributed by atoms with E-state index in [2.05, 4.69) is 44.7 Å². The number of amides is 2. The van der Waals surface area contributed by atoms with Crippen LogP contribution in [0.1, 0.15) is 35.6 Å². The number of hydrogen-bond acceptors (Lipinski definition) is 4. The van der Waals surface area contributed by atoms with E-state index in [-0.39, 0.29) is 6.04 Å². The van der Waals surface area contributed by atoms with Crippen molar-refractivity contribution in [3.8, 4) is 0 Å². The first-order chi connectivity index (χ1) is 14.4. The van der Waals surface area contributed by atoms with Crippen molar-refractivity contribution in [1.82, 2.24) is 10.2 Å². The highest BCUT2D eigenvalue weighted by Gasteiger charge is 2.25. The number of benzene rings is 2. The monoisotopic (exact) mass is 408 g/mol. The van der Waals surface area contributed by atoms with E-state index in [0.717, 1.165) is 48.3 Å². The van der Waals surface area contributed by atoms with E-state index in [9.17, 15) is 9.59 Å². The molecule has 6 nitrogen and oxygen atoms in total. The molecule has 1 unspecified atom stereocenters. The van der Waals surface area contributed by atoms with Gasteiger partial charge >= 0.3 is 11.8 Å². The summed E-state index contributed by atoms with van der Waals surface area (Å²) < 4.78 is 0. The summed E-state index contributed by atoms with van der Waals surface area (Å²) in [6.07, 6.45) is 2.32. The lowest BCUT2D eigenvalue weighted by atomic mass is 10.0. The first kappa shape index (κ1) is 21.8. The van der Waals surface area contributed by atoms with E-state index in [4.69, 9.17) is 0 Å². The molecule has 1 atom stereocenters. The van der Waals surface area contributed by atoms with Crippen LogP contribution in [-0.4, -0.2) is 50.4 Å². The maximum atomic E-state index is 12.5. The summed E-state index contributed by atoms with van der Waals surface area (Å²) in [4.78, 5) is 29.4. The molecule has 0 spiro atoms. The van der Waals surface area contributed by atoms with Gasteiger partial charge in [0.25, 0.3) is 0 Å². The molecule has 0 radical (unpaired) electrons. The fraction of sp³-hybridized carbons (Fsp3) is 0.417. The molecule has 2 amide bonds. The molecule has 6 heteroatoms. The fourth-order valence-corrected chi connectivity index (χ4v) is 3.84. The van der Waals surface area contributed by atoms with Crippen LogP contribution >= 0.6 is 0 Å². The Labute approximate surface area is 179 Å². The molecule has 0 saturated carbocycles. The lowest BCUT2D eigenvalue weighted by Gasteiger charge is -2.28. The maximum Gasteiger partial charge on any atom is 0.313 e. The maximum absolute atomic E-state index is 12.5. The molecule has 160 valence electrons. The number of carbonyl (C=O) groups is 2. The molecule has 2 aromatic rings. The minimum absolute atomic E-state index is 0.0566. The molecule has 1 heterocycles. The first-order valence-corrected chi connectivity index (χ1v) is 10.5. The molecule has 0 bridgehead atoms. The molecule has 1 saturated heterocycles. The van der Waals surface area contributed by atoms with Crippen LogP contribution in [0.25, 0.3) is 0 Å². The van der Waals surface area contributed by atoms with Crippen molar-refractivity contribution in [2.45, 2.75) is 32.7 Å². The van der Waals surface area contributed by atoms with E-state index < -0.39 is 11.8 Å². The van der Waals surface area contributed by atoms with Gasteiger partial charge in [-0.25, -0.2) is 0 Å². The van der Waals surface area contributed by atoms with Gasteiger partial charge in [-0.15, -0.1) is 0 Å². The normalized spacial score (nSPS) is 14.9. The van der Waals surface area contributed by atoms with Gasteiger partial charge in [-0.1, -0.05) is 24.3 Å². The topological polar surface area (TPSA) is 64.7 Å².